The normalized spacial score (nSPS) is 12.2. The average molecular weight is 259 g/mol. The third-order valence-electron chi connectivity index (χ3n) is 2.85. The van der Waals surface area contributed by atoms with E-state index in [4.69, 9.17) is 10.5 Å². The van der Waals surface area contributed by atoms with Crippen molar-refractivity contribution in [2.75, 3.05) is 6.61 Å². The molecule has 5 heteroatoms. The molecule has 0 amide bonds. The fraction of sp³-hybridized carbons (Fsp3) is 0.286. The van der Waals surface area contributed by atoms with Gasteiger partial charge in [0.2, 0.25) is 0 Å². The Bertz CT molecular complexity index is 605. The minimum Gasteiger partial charge on any atom is -0.494 e. The van der Waals surface area contributed by atoms with Gasteiger partial charge in [-0.1, -0.05) is 12.1 Å². The van der Waals surface area contributed by atoms with E-state index < -0.39 is 0 Å². The highest BCUT2D eigenvalue weighted by atomic mass is 16.5. The van der Waals surface area contributed by atoms with Gasteiger partial charge in [-0.15, -0.1) is 0 Å². The Morgan fingerprint density at radius 2 is 1.95 bits per heavy atom. The predicted octanol–water partition coefficient (Wildman–Crippen LogP) is 1.23. The van der Waals surface area contributed by atoms with Crippen LogP contribution in [0.5, 0.6) is 5.75 Å². The lowest BCUT2D eigenvalue weighted by Gasteiger charge is -2.12. The maximum Gasteiger partial charge on any atom is 0.266 e. The molecule has 0 aliphatic rings. The second-order valence-electron chi connectivity index (χ2n) is 4.20. The fourth-order valence-electron chi connectivity index (χ4n) is 1.80. The summed E-state index contributed by atoms with van der Waals surface area (Å²) in [5.41, 5.74) is 7.57. The fourth-order valence-corrected chi connectivity index (χ4v) is 1.80. The molecule has 0 aliphatic heterocycles. The molecular formula is C14H17N3O2. The first-order chi connectivity index (χ1) is 9.11. The predicted molar refractivity (Wildman–Crippen MR) is 73.1 cm³/mol. The van der Waals surface area contributed by atoms with Crippen molar-refractivity contribution in [2.45, 2.75) is 13.0 Å². The van der Waals surface area contributed by atoms with Crippen LogP contribution in [-0.4, -0.2) is 16.4 Å². The Balaban J connectivity index is 2.25. The Labute approximate surface area is 111 Å². The van der Waals surface area contributed by atoms with E-state index in [1.807, 2.05) is 31.2 Å². The summed E-state index contributed by atoms with van der Waals surface area (Å²) < 4.78 is 6.66. The minimum absolute atomic E-state index is 0.150. The van der Waals surface area contributed by atoms with E-state index in [-0.39, 0.29) is 11.6 Å². The number of nitrogens with two attached hydrogens (primary N) is 1. The number of aryl methyl sites for hydroxylation is 1. The molecule has 19 heavy (non-hydrogen) atoms. The summed E-state index contributed by atoms with van der Waals surface area (Å²) in [5.74, 6) is 0.812. The molecule has 0 radical (unpaired) electrons. The summed E-state index contributed by atoms with van der Waals surface area (Å²) in [6.07, 6.45) is 0. The van der Waals surface area contributed by atoms with E-state index in [9.17, 15) is 4.79 Å². The van der Waals surface area contributed by atoms with E-state index in [0.29, 0.717) is 12.3 Å². The highest BCUT2D eigenvalue weighted by Gasteiger charge is 2.11. The van der Waals surface area contributed by atoms with Crippen molar-refractivity contribution in [3.05, 3.63) is 58.0 Å². The first kappa shape index (κ1) is 13.3. The van der Waals surface area contributed by atoms with Crippen LogP contribution >= 0.6 is 0 Å². The van der Waals surface area contributed by atoms with E-state index >= 15 is 0 Å². The average Bonchev–Trinajstić information content (AvgIpc) is 2.42. The second-order valence-corrected chi connectivity index (χ2v) is 4.20. The molecule has 1 unspecified atom stereocenters. The van der Waals surface area contributed by atoms with Crippen LogP contribution in [0.4, 0.5) is 0 Å². The molecule has 0 fully saturated rings. The van der Waals surface area contributed by atoms with Crippen LogP contribution < -0.4 is 16.0 Å². The molecule has 2 rings (SSSR count). The number of hydrogen-bond donors (Lipinski definition) is 1. The van der Waals surface area contributed by atoms with Crippen LogP contribution in [0, 0.1) is 0 Å². The zero-order valence-corrected chi connectivity index (χ0v) is 11.0. The Hall–Kier alpha value is -2.14. The molecule has 0 saturated carbocycles. The van der Waals surface area contributed by atoms with Gasteiger partial charge >= 0.3 is 0 Å². The standard InChI is InChI=1S/C14H17N3O2/c1-3-19-11-6-4-10(5-7-11)14(15)12-8-9-13(18)17(2)16-12/h4-9,14H,3,15H2,1-2H3. The van der Waals surface area contributed by atoms with E-state index in [0.717, 1.165) is 11.3 Å². The summed E-state index contributed by atoms with van der Waals surface area (Å²) in [6, 6.07) is 10.3. The zero-order valence-electron chi connectivity index (χ0n) is 11.0. The van der Waals surface area contributed by atoms with Gasteiger partial charge in [0.05, 0.1) is 18.3 Å². The molecule has 1 heterocycles. The molecule has 5 nitrogen and oxygen atoms in total. The van der Waals surface area contributed by atoms with Crippen molar-refractivity contribution in [3.8, 4) is 5.75 Å². The second kappa shape index (κ2) is 5.67. The van der Waals surface area contributed by atoms with Crippen LogP contribution in [-0.2, 0) is 7.05 Å². The van der Waals surface area contributed by atoms with Crippen LogP contribution in [0.2, 0.25) is 0 Å². The van der Waals surface area contributed by atoms with Gasteiger partial charge in [-0.25, -0.2) is 4.68 Å². The van der Waals surface area contributed by atoms with Crippen LogP contribution in [0.3, 0.4) is 0 Å². The number of hydrogen-bond acceptors (Lipinski definition) is 4. The number of ether oxygens (including phenoxy) is 1. The Kier molecular flexibility index (Phi) is 3.97. The van der Waals surface area contributed by atoms with Crippen LogP contribution in [0.15, 0.2) is 41.2 Å². The summed E-state index contributed by atoms with van der Waals surface area (Å²) in [6.45, 7) is 2.57. The highest BCUT2D eigenvalue weighted by Crippen LogP contribution is 2.20. The Morgan fingerprint density at radius 1 is 1.26 bits per heavy atom. The van der Waals surface area contributed by atoms with Crippen molar-refractivity contribution in [3.63, 3.8) is 0 Å². The molecule has 0 aliphatic carbocycles. The third-order valence-corrected chi connectivity index (χ3v) is 2.85. The van der Waals surface area contributed by atoms with Crippen molar-refractivity contribution in [2.24, 2.45) is 12.8 Å². The maximum absolute atomic E-state index is 11.3. The molecule has 2 N–H and O–H groups in total. The number of aromatic nitrogens is 2. The summed E-state index contributed by atoms with van der Waals surface area (Å²) >= 11 is 0. The molecule has 1 aromatic heterocycles. The van der Waals surface area contributed by atoms with Gasteiger partial charge in [-0.05, 0) is 30.7 Å². The largest absolute Gasteiger partial charge is 0.494 e. The maximum atomic E-state index is 11.3. The molecule has 1 aromatic carbocycles. The number of benzene rings is 1. The molecular weight excluding hydrogens is 242 g/mol. The third kappa shape index (κ3) is 3.00. The molecule has 0 saturated heterocycles. The quantitative estimate of drug-likeness (QED) is 0.896. The topological polar surface area (TPSA) is 70.1 Å². The van der Waals surface area contributed by atoms with Crippen LogP contribution in [0.1, 0.15) is 24.2 Å². The minimum atomic E-state index is -0.359. The van der Waals surface area contributed by atoms with E-state index in [2.05, 4.69) is 5.10 Å². The first-order valence-electron chi connectivity index (χ1n) is 6.14. The molecule has 100 valence electrons. The van der Waals surface area contributed by atoms with Crippen molar-refractivity contribution >= 4 is 0 Å². The monoisotopic (exact) mass is 259 g/mol. The van der Waals surface area contributed by atoms with Gasteiger partial charge in [0.15, 0.2) is 0 Å². The van der Waals surface area contributed by atoms with Gasteiger partial charge < -0.3 is 10.5 Å². The molecule has 0 spiro atoms. The van der Waals surface area contributed by atoms with Gasteiger partial charge in [-0.2, -0.15) is 5.10 Å². The molecule has 1 atom stereocenters. The smallest absolute Gasteiger partial charge is 0.266 e. The molecule has 0 bridgehead atoms. The van der Waals surface area contributed by atoms with Gasteiger partial charge in [0, 0.05) is 13.1 Å². The first-order valence-corrected chi connectivity index (χ1v) is 6.14. The van der Waals surface area contributed by atoms with Crippen LogP contribution in [0.25, 0.3) is 0 Å². The SMILES string of the molecule is CCOc1ccc(C(N)c2ccc(=O)n(C)n2)cc1. The summed E-state index contributed by atoms with van der Waals surface area (Å²) in [4.78, 5) is 11.3. The van der Waals surface area contributed by atoms with Gasteiger partial charge in [-0.3, -0.25) is 4.79 Å². The lowest BCUT2D eigenvalue weighted by atomic mass is 10.0. The summed E-state index contributed by atoms with van der Waals surface area (Å²) in [5, 5.41) is 4.16. The zero-order chi connectivity index (χ0) is 13.8. The van der Waals surface area contributed by atoms with Crippen molar-refractivity contribution in [1.29, 1.82) is 0 Å². The highest BCUT2D eigenvalue weighted by molar-refractivity contribution is 5.32. The number of nitrogens with zero attached hydrogens (tertiary/aromatic N) is 2. The lowest BCUT2D eigenvalue weighted by molar-refractivity contribution is 0.340. The molecule has 2 aromatic rings. The van der Waals surface area contributed by atoms with Crippen molar-refractivity contribution < 1.29 is 4.74 Å². The van der Waals surface area contributed by atoms with Crippen molar-refractivity contribution in [1.82, 2.24) is 9.78 Å². The number of rotatable bonds is 4. The van der Waals surface area contributed by atoms with Gasteiger partial charge in [0.25, 0.3) is 5.56 Å². The summed E-state index contributed by atoms with van der Waals surface area (Å²) in [7, 11) is 1.61. The van der Waals surface area contributed by atoms with E-state index in [1.54, 1.807) is 13.1 Å². The van der Waals surface area contributed by atoms with E-state index in [1.165, 1.54) is 10.7 Å². The lowest BCUT2D eigenvalue weighted by Crippen LogP contribution is -2.23. The van der Waals surface area contributed by atoms with Gasteiger partial charge in [0.1, 0.15) is 5.75 Å². The Morgan fingerprint density at radius 3 is 2.53 bits per heavy atom.